The average Bonchev–Trinajstić information content (AvgIpc) is 3.02. The van der Waals surface area contributed by atoms with Crippen molar-refractivity contribution in [2.75, 3.05) is 20.8 Å². The van der Waals surface area contributed by atoms with Crippen LogP contribution in [0, 0.1) is 0 Å². The van der Waals surface area contributed by atoms with Crippen LogP contribution in [0.3, 0.4) is 0 Å². The fourth-order valence-electron chi connectivity index (χ4n) is 4.02. The van der Waals surface area contributed by atoms with Crippen LogP contribution < -0.4 is 23.7 Å². The highest BCUT2D eigenvalue weighted by Gasteiger charge is 2.58. The van der Waals surface area contributed by atoms with E-state index in [0.29, 0.717) is 39.9 Å². The minimum absolute atomic E-state index is 0.210. The molecule has 0 saturated heterocycles. The number of Topliss-reactive ketones (excluding diaryl/α,β-unsaturated/α-hetero) is 2. The van der Waals surface area contributed by atoms with Gasteiger partial charge in [0.1, 0.15) is 29.5 Å². The van der Waals surface area contributed by atoms with Crippen LogP contribution in [0.5, 0.6) is 28.7 Å². The van der Waals surface area contributed by atoms with Crippen LogP contribution in [-0.2, 0) is 0 Å². The highest BCUT2D eigenvalue weighted by Crippen LogP contribution is 2.48. The Labute approximate surface area is 173 Å². The Morgan fingerprint density at radius 3 is 2.33 bits per heavy atom. The van der Waals surface area contributed by atoms with Gasteiger partial charge in [0.05, 0.1) is 30.9 Å². The summed E-state index contributed by atoms with van der Waals surface area (Å²) >= 11 is 0. The molecule has 0 fully saturated rings. The first-order valence-corrected chi connectivity index (χ1v) is 9.52. The quantitative estimate of drug-likeness (QED) is 0.704. The molecule has 0 unspecified atom stereocenters. The minimum Gasteiger partial charge on any atom is -0.493 e. The summed E-state index contributed by atoms with van der Waals surface area (Å²) in [4.78, 5) is 26.8. The topological polar surface area (TPSA) is 80.3 Å². The minimum atomic E-state index is -1.77. The van der Waals surface area contributed by atoms with Gasteiger partial charge in [0.25, 0.3) is 5.60 Å². The van der Waals surface area contributed by atoms with Crippen molar-refractivity contribution < 1.29 is 33.3 Å². The summed E-state index contributed by atoms with van der Waals surface area (Å²) in [5.74, 6) is 1.16. The molecule has 154 valence electrons. The molecule has 0 bridgehead atoms. The summed E-state index contributed by atoms with van der Waals surface area (Å²) in [6.45, 7) is 3.64. The second kappa shape index (κ2) is 6.01. The van der Waals surface area contributed by atoms with Crippen molar-refractivity contribution in [2.24, 2.45) is 0 Å². The molecule has 7 nitrogen and oxygen atoms in total. The zero-order valence-corrected chi connectivity index (χ0v) is 17.0. The first-order chi connectivity index (χ1) is 14.3. The van der Waals surface area contributed by atoms with E-state index in [9.17, 15) is 9.59 Å². The third-order valence-electron chi connectivity index (χ3n) is 5.60. The van der Waals surface area contributed by atoms with Crippen molar-refractivity contribution in [3.8, 4) is 28.7 Å². The number of methoxy groups -OCH3 is 2. The van der Waals surface area contributed by atoms with Gasteiger partial charge in [0.15, 0.2) is 11.5 Å². The normalized spacial score (nSPS) is 22.4. The van der Waals surface area contributed by atoms with Crippen molar-refractivity contribution in [3.63, 3.8) is 0 Å². The second-order valence-electron chi connectivity index (χ2n) is 7.97. The molecule has 1 spiro atoms. The Morgan fingerprint density at radius 1 is 0.900 bits per heavy atom. The van der Waals surface area contributed by atoms with Crippen LogP contribution in [0.4, 0.5) is 0 Å². The number of carbonyl (C=O) groups is 2. The third kappa shape index (κ3) is 2.38. The second-order valence-corrected chi connectivity index (χ2v) is 7.97. The highest BCUT2D eigenvalue weighted by molar-refractivity contribution is 6.27. The summed E-state index contributed by atoms with van der Waals surface area (Å²) in [5, 5.41) is 0. The summed E-state index contributed by atoms with van der Waals surface area (Å²) in [6, 6.07) is 6.46. The maximum atomic E-state index is 13.5. The Kier molecular flexibility index (Phi) is 3.72. The maximum absolute atomic E-state index is 13.5. The van der Waals surface area contributed by atoms with Gasteiger partial charge >= 0.3 is 0 Å². The van der Waals surface area contributed by atoms with Crippen molar-refractivity contribution in [3.05, 3.63) is 47.0 Å². The molecule has 1 atom stereocenters. The molecule has 0 radical (unpaired) electrons. The van der Waals surface area contributed by atoms with E-state index < -0.39 is 22.8 Å². The standard InChI is InChI=1S/C23H20O7/c1-22(2)8-7-12-15(29-22)6-5-13-19(12)30-23(20(13)24)11-28-16-10-18(27-4)17(26-3)9-14(16)21(23)25/h5-10H,11H2,1-4H3/t23-/m1/s1. The number of ether oxygens (including phenoxy) is 5. The van der Waals surface area contributed by atoms with Gasteiger partial charge < -0.3 is 23.7 Å². The lowest BCUT2D eigenvalue weighted by molar-refractivity contribution is 0.0240. The van der Waals surface area contributed by atoms with Crippen molar-refractivity contribution >= 4 is 17.6 Å². The molecule has 2 aromatic rings. The molecule has 0 saturated carbocycles. The van der Waals surface area contributed by atoms with Gasteiger partial charge in [-0.1, -0.05) is 0 Å². The third-order valence-corrected chi connectivity index (χ3v) is 5.60. The van der Waals surface area contributed by atoms with E-state index in [0.717, 1.165) is 0 Å². The first-order valence-electron chi connectivity index (χ1n) is 9.52. The molecular weight excluding hydrogens is 388 g/mol. The van der Waals surface area contributed by atoms with Gasteiger partial charge in [-0.05, 0) is 44.2 Å². The maximum Gasteiger partial charge on any atom is 0.267 e. The zero-order chi connectivity index (χ0) is 21.3. The lowest BCUT2D eigenvalue weighted by atomic mass is 9.85. The fraction of sp³-hybridized carbons (Fsp3) is 0.304. The van der Waals surface area contributed by atoms with Crippen LogP contribution in [0.1, 0.15) is 40.1 Å². The molecular formula is C23H20O7. The van der Waals surface area contributed by atoms with E-state index in [1.807, 2.05) is 26.0 Å². The number of fused-ring (bicyclic) bond motifs is 4. The van der Waals surface area contributed by atoms with E-state index in [2.05, 4.69) is 0 Å². The molecule has 2 aromatic carbocycles. The molecule has 3 aliphatic rings. The predicted octanol–water partition coefficient (Wildman–Crippen LogP) is 3.48. The number of benzene rings is 2. The largest absolute Gasteiger partial charge is 0.493 e. The van der Waals surface area contributed by atoms with E-state index >= 15 is 0 Å². The van der Waals surface area contributed by atoms with E-state index in [1.165, 1.54) is 20.3 Å². The monoisotopic (exact) mass is 408 g/mol. The van der Waals surface area contributed by atoms with E-state index in [1.54, 1.807) is 18.2 Å². The van der Waals surface area contributed by atoms with Crippen molar-refractivity contribution in [1.82, 2.24) is 0 Å². The van der Waals surface area contributed by atoms with Crippen LogP contribution in [0.2, 0.25) is 0 Å². The number of hydrogen-bond donors (Lipinski definition) is 0. The number of ketones is 2. The molecule has 0 aliphatic carbocycles. The Hall–Kier alpha value is -3.48. The van der Waals surface area contributed by atoms with Gasteiger partial charge in [0, 0.05) is 6.07 Å². The summed E-state index contributed by atoms with van der Waals surface area (Å²) in [5.41, 5.74) is -1.06. The molecule has 3 heterocycles. The van der Waals surface area contributed by atoms with Gasteiger partial charge in [-0.2, -0.15) is 0 Å². The highest BCUT2D eigenvalue weighted by atomic mass is 16.6. The molecule has 0 N–H and O–H groups in total. The molecule has 0 aromatic heterocycles. The first kappa shape index (κ1) is 18.5. The molecule has 5 rings (SSSR count). The molecule has 3 aliphatic heterocycles. The van der Waals surface area contributed by atoms with Gasteiger partial charge in [-0.15, -0.1) is 0 Å². The van der Waals surface area contributed by atoms with Crippen LogP contribution in [0.15, 0.2) is 30.3 Å². The van der Waals surface area contributed by atoms with Crippen molar-refractivity contribution in [1.29, 1.82) is 0 Å². The summed E-state index contributed by atoms with van der Waals surface area (Å²) < 4.78 is 28.4. The smallest absolute Gasteiger partial charge is 0.267 e. The number of hydrogen-bond acceptors (Lipinski definition) is 7. The van der Waals surface area contributed by atoms with E-state index in [4.69, 9.17) is 23.7 Å². The number of carbonyl (C=O) groups excluding carboxylic acids is 2. The van der Waals surface area contributed by atoms with Crippen LogP contribution in [0.25, 0.3) is 6.08 Å². The van der Waals surface area contributed by atoms with E-state index in [-0.39, 0.29) is 12.2 Å². The van der Waals surface area contributed by atoms with Gasteiger partial charge in [-0.3, -0.25) is 9.59 Å². The van der Waals surface area contributed by atoms with Gasteiger partial charge in [0.2, 0.25) is 11.6 Å². The zero-order valence-electron chi connectivity index (χ0n) is 17.0. The van der Waals surface area contributed by atoms with Crippen molar-refractivity contribution in [2.45, 2.75) is 25.0 Å². The fourth-order valence-corrected chi connectivity index (χ4v) is 4.02. The Balaban J connectivity index is 1.60. The Morgan fingerprint density at radius 2 is 1.60 bits per heavy atom. The van der Waals surface area contributed by atoms with Crippen LogP contribution >= 0.6 is 0 Å². The summed E-state index contributed by atoms with van der Waals surface area (Å²) in [7, 11) is 2.97. The number of rotatable bonds is 2. The van der Waals surface area contributed by atoms with Gasteiger partial charge in [-0.25, -0.2) is 0 Å². The lowest BCUT2D eigenvalue weighted by Gasteiger charge is -2.32. The average molecular weight is 408 g/mol. The molecule has 30 heavy (non-hydrogen) atoms. The Bertz CT molecular complexity index is 1140. The SMILES string of the molecule is COc1cc2c(cc1OC)C(=O)[C@]1(CO2)Oc2c(ccc3c2C=CC(C)(C)O3)C1=O. The van der Waals surface area contributed by atoms with Crippen LogP contribution in [-0.4, -0.2) is 43.6 Å². The lowest BCUT2D eigenvalue weighted by Crippen LogP contribution is -2.55. The predicted molar refractivity (Wildman–Crippen MR) is 107 cm³/mol. The molecule has 7 heteroatoms. The summed E-state index contributed by atoms with van der Waals surface area (Å²) in [6.07, 6.45) is 3.75. The molecule has 0 amide bonds.